The number of hydrogen-bond acceptors (Lipinski definition) is 6. The second kappa shape index (κ2) is 9.76. The molecule has 2 aromatic heterocycles. The first-order valence-corrected chi connectivity index (χ1v) is 10.4. The molecule has 4 aromatic rings. The van der Waals surface area contributed by atoms with Crippen molar-refractivity contribution < 1.29 is 18.9 Å². The van der Waals surface area contributed by atoms with Crippen LogP contribution in [0.3, 0.4) is 0 Å². The maximum absolute atomic E-state index is 12.6. The van der Waals surface area contributed by atoms with Crippen molar-refractivity contribution in [1.29, 1.82) is 0 Å². The number of aromatic nitrogens is 2. The molecular formula is C22H16Cl2N4O5. The molecule has 0 bridgehead atoms. The molecule has 0 aliphatic heterocycles. The lowest BCUT2D eigenvalue weighted by Crippen LogP contribution is -2.12. The fourth-order valence-electron chi connectivity index (χ4n) is 2.99. The Balaban J connectivity index is 1.40. The number of anilines is 1. The first-order valence-electron chi connectivity index (χ1n) is 9.63. The summed E-state index contributed by atoms with van der Waals surface area (Å²) in [6.07, 6.45) is 1.58. The molecule has 9 nitrogen and oxygen atoms in total. The molecule has 0 atom stereocenters. The minimum absolute atomic E-state index is 0.00730. The van der Waals surface area contributed by atoms with Crippen LogP contribution in [0.15, 0.2) is 71.3 Å². The predicted octanol–water partition coefficient (Wildman–Crippen LogP) is 5.57. The molecule has 2 heterocycles. The number of halogens is 2. The van der Waals surface area contributed by atoms with Gasteiger partial charge in [-0.25, -0.2) is 0 Å². The van der Waals surface area contributed by atoms with Crippen LogP contribution in [-0.2, 0) is 13.2 Å². The number of nitro groups is 1. The molecule has 0 aliphatic carbocycles. The Morgan fingerprint density at radius 3 is 2.64 bits per heavy atom. The molecule has 11 heteroatoms. The van der Waals surface area contributed by atoms with Crippen LogP contribution >= 0.6 is 23.2 Å². The van der Waals surface area contributed by atoms with Crippen LogP contribution in [0.1, 0.15) is 21.9 Å². The number of nitrogens with zero attached hydrogens (tertiary/aromatic N) is 3. The first kappa shape index (κ1) is 22.4. The number of amides is 1. The number of furan rings is 1. The summed E-state index contributed by atoms with van der Waals surface area (Å²) in [4.78, 5) is 23.1. The highest BCUT2D eigenvalue weighted by Gasteiger charge is 2.18. The van der Waals surface area contributed by atoms with Gasteiger partial charge in [0.2, 0.25) is 0 Å². The minimum atomic E-state index is -0.558. The van der Waals surface area contributed by atoms with Crippen molar-refractivity contribution >= 4 is 40.6 Å². The van der Waals surface area contributed by atoms with Gasteiger partial charge in [-0.2, -0.15) is 5.10 Å². The van der Waals surface area contributed by atoms with E-state index in [1.807, 2.05) is 18.2 Å². The third-order valence-electron chi connectivity index (χ3n) is 4.56. The van der Waals surface area contributed by atoms with Crippen molar-refractivity contribution in [3.8, 4) is 5.75 Å². The Bertz CT molecular complexity index is 1320. The van der Waals surface area contributed by atoms with Gasteiger partial charge in [0.25, 0.3) is 5.91 Å². The number of ether oxygens (including phenoxy) is 1. The number of benzene rings is 2. The summed E-state index contributed by atoms with van der Waals surface area (Å²) in [5.74, 6) is 0.0296. The number of nitro benzene ring substituents is 1. The monoisotopic (exact) mass is 486 g/mol. The van der Waals surface area contributed by atoms with Gasteiger partial charge in [-0.15, -0.1) is 0 Å². The average Bonchev–Trinajstić information content (AvgIpc) is 3.41. The molecule has 0 unspecified atom stereocenters. The summed E-state index contributed by atoms with van der Waals surface area (Å²) in [6.45, 7) is 0.286. The molecule has 4 rings (SSSR count). The highest BCUT2D eigenvalue weighted by atomic mass is 35.5. The Morgan fingerprint density at radius 1 is 1.09 bits per heavy atom. The lowest BCUT2D eigenvalue weighted by molar-refractivity contribution is -0.386. The van der Waals surface area contributed by atoms with Crippen LogP contribution in [0, 0.1) is 10.1 Å². The van der Waals surface area contributed by atoms with Gasteiger partial charge in [0.05, 0.1) is 11.5 Å². The van der Waals surface area contributed by atoms with Gasteiger partial charge >= 0.3 is 5.69 Å². The highest BCUT2D eigenvalue weighted by Crippen LogP contribution is 2.27. The third kappa shape index (κ3) is 5.33. The van der Waals surface area contributed by atoms with Crippen molar-refractivity contribution in [2.75, 3.05) is 5.32 Å². The Labute approximate surface area is 197 Å². The Kier molecular flexibility index (Phi) is 6.62. The summed E-state index contributed by atoms with van der Waals surface area (Å²) in [5, 5.41) is 18.8. The summed E-state index contributed by atoms with van der Waals surface area (Å²) in [5.41, 5.74) is 0.689. The third-order valence-corrected chi connectivity index (χ3v) is 5.20. The van der Waals surface area contributed by atoms with Crippen molar-refractivity contribution in [2.24, 2.45) is 0 Å². The summed E-state index contributed by atoms with van der Waals surface area (Å²) >= 11 is 12.4. The van der Waals surface area contributed by atoms with Crippen LogP contribution in [0.2, 0.25) is 10.0 Å². The van der Waals surface area contributed by atoms with E-state index in [2.05, 4.69) is 10.4 Å². The van der Waals surface area contributed by atoms with E-state index in [0.717, 1.165) is 5.56 Å². The highest BCUT2D eigenvalue weighted by molar-refractivity contribution is 6.33. The fraction of sp³-hybridized carbons (Fsp3) is 0.0909. The largest absolute Gasteiger partial charge is 0.479 e. The van der Waals surface area contributed by atoms with Crippen LogP contribution in [0.4, 0.5) is 11.5 Å². The van der Waals surface area contributed by atoms with E-state index < -0.39 is 10.8 Å². The van der Waals surface area contributed by atoms with E-state index in [1.54, 1.807) is 35.1 Å². The maximum atomic E-state index is 12.6. The number of nitrogens with one attached hydrogen (secondary N) is 1. The smallest absolute Gasteiger partial charge is 0.310 e. The molecule has 33 heavy (non-hydrogen) atoms. The van der Waals surface area contributed by atoms with E-state index in [9.17, 15) is 14.9 Å². The van der Waals surface area contributed by atoms with Gasteiger partial charge in [-0.05, 0) is 29.8 Å². The topological polar surface area (TPSA) is 112 Å². The van der Waals surface area contributed by atoms with E-state index in [4.69, 9.17) is 32.4 Å². The SMILES string of the molecule is O=C(Nc1nn(Cc2ccccc2Cl)cc1Cl)c1ccc(COc2ccccc2[N+](=O)[O-])o1. The lowest BCUT2D eigenvalue weighted by atomic mass is 10.2. The summed E-state index contributed by atoms with van der Waals surface area (Å²) in [7, 11) is 0. The molecule has 0 fully saturated rings. The minimum Gasteiger partial charge on any atom is -0.479 e. The van der Waals surface area contributed by atoms with E-state index >= 15 is 0 Å². The normalized spacial score (nSPS) is 10.7. The standard InChI is InChI=1S/C22H16Cl2N4O5/c23-16-6-2-1-5-14(16)11-27-12-17(24)21(26-27)25-22(29)20-10-9-15(33-20)13-32-19-8-4-3-7-18(19)28(30)31/h1-10,12H,11,13H2,(H,25,26,29). The van der Waals surface area contributed by atoms with E-state index in [-0.39, 0.29) is 34.6 Å². The van der Waals surface area contributed by atoms with Crippen LogP contribution < -0.4 is 10.1 Å². The van der Waals surface area contributed by atoms with Crippen LogP contribution in [0.25, 0.3) is 0 Å². The predicted molar refractivity (Wildman–Crippen MR) is 122 cm³/mol. The van der Waals surface area contributed by atoms with Gasteiger partial charge in [0.15, 0.2) is 17.3 Å². The molecule has 0 radical (unpaired) electrons. The van der Waals surface area contributed by atoms with E-state index in [1.165, 1.54) is 18.2 Å². The average molecular weight is 487 g/mol. The Morgan fingerprint density at radius 2 is 1.85 bits per heavy atom. The molecule has 0 saturated carbocycles. The molecular weight excluding hydrogens is 471 g/mol. The van der Waals surface area contributed by atoms with Gasteiger partial charge < -0.3 is 14.5 Å². The van der Waals surface area contributed by atoms with Crippen molar-refractivity contribution in [3.05, 3.63) is 104 Å². The molecule has 0 saturated heterocycles. The zero-order valence-corrected chi connectivity index (χ0v) is 18.4. The molecule has 168 valence electrons. The molecule has 1 amide bonds. The zero-order chi connectivity index (χ0) is 23.4. The number of rotatable bonds is 8. The summed E-state index contributed by atoms with van der Waals surface area (Å²) < 4.78 is 12.5. The van der Waals surface area contributed by atoms with Crippen molar-refractivity contribution in [2.45, 2.75) is 13.2 Å². The molecule has 2 aromatic carbocycles. The summed E-state index contributed by atoms with van der Waals surface area (Å²) in [6, 6.07) is 16.3. The number of para-hydroxylation sites is 2. The molecule has 0 spiro atoms. The van der Waals surface area contributed by atoms with Gasteiger partial charge in [-0.1, -0.05) is 53.5 Å². The fourth-order valence-corrected chi connectivity index (χ4v) is 3.38. The van der Waals surface area contributed by atoms with Gasteiger partial charge in [0.1, 0.15) is 17.4 Å². The zero-order valence-electron chi connectivity index (χ0n) is 16.9. The molecule has 1 N–H and O–H groups in total. The second-order valence-electron chi connectivity index (χ2n) is 6.85. The van der Waals surface area contributed by atoms with Crippen molar-refractivity contribution in [3.63, 3.8) is 0 Å². The number of hydrogen-bond donors (Lipinski definition) is 1. The van der Waals surface area contributed by atoms with Gasteiger partial charge in [0, 0.05) is 17.3 Å². The first-order chi connectivity index (χ1) is 15.9. The number of carbonyl (C=O) groups is 1. The van der Waals surface area contributed by atoms with Crippen LogP contribution in [-0.4, -0.2) is 20.6 Å². The number of carbonyl (C=O) groups excluding carboxylic acids is 1. The van der Waals surface area contributed by atoms with Crippen LogP contribution in [0.5, 0.6) is 5.75 Å². The Hall–Kier alpha value is -3.82. The molecule has 0 aliphatic rings. The lowest BCUT2D eigenvalue weighted by Gasteiger charge is -2.05. The second-order valence-corrected chi connectivity index (χ2v) is 7.66. The van der Waals surface area contributed by atoms with Gasteiger partial charge in [-0.3, -0.25) is 19.6 Å². The maximum Gasteiger partial charge on any atom is 0.310 e. The quantitative estimate of drug-likeness (QED) is 0.257. The van der Waals surface area contributed by atoms with Crippen molar-refractivity contribution in [1.82, 2.24) is 9.78 Å². The van der Waals surface area contributed by atoms with E-state index in [0.29, 0.717) is 17.3 Å².